The lowest BCUT2D eigenvalue weighted by molar-refractivity contribution is 0.631. The van der Waals surface area contributed by atoms with Crippen LogP contribution in [-0.2, 0) is 13.6 Å². The molecule has 0 aromatic carbocycles. The van der Waals surface area contributed by atoms with Gasteiger partial charge in [0.15, 0.2) is 0 Å². The molecule has 0 spiro atoms. The predicted octanol–water partition coefficient (Wildman–Crippen LogP) is 0.183. The Hall–Kier alpha value is -1.50. The average molecular weight is 270 g/mol. The van der Waals surface area contributed by atoms with Crippen LogP contribution in [0.2, 0.25) is 0 Å². The Balaban J connectivity index is 2.37. The zero-order valence-electron chi connectivity index (χ0n) is 7.96. The van der Waals surface area contributed by atoms with Crippen LogP contribution in [0.1, 0.15) is 5.82 Å². The molecule has 2 aromatic rings. The van der Waals surface area contributed by atoms with Crippen molar-refractivity contribution in [3.8, 4) is 0 Å². The van der Waals surface area contributed by atoms with Crippen molar-refractivity contribution in [2.24, 2.45) is 7.05 Å². The molecule has 0 unspecified atom stereocenters. The monoisotopic (exact) mass is 269 g/mol. The first-order valence-electron chi connectivity index (χ1n) is 4.21. The van der Waals surface area contributed by atoms with Crippen molar-refractivity contribution in [3.05, 3.63) is 39.5 Å². The molecule has 6 nitrogen and oxygen atoms in total. The Labute approximate surface area is 93.7 Å². The highest BCUT2D eigenvalue weighted by Crippen LogP contribution is 2.00. The van der Waals surface area contributed by atoms with Gasteiger partial charge < -0.3 is 0 Å². The largest absolute Gasteiger partial charge is 0.291 e. The fraction of sp³-hybridized carbons (Fsp3) is 0.250. The summed E-state index contributed by atoms with van der Waals surface area (Å²) >= 11 is 3.13. The molecule has 0 N–H and O–H groups in total. The van der Waals surface area contributed by atoms with Gasteiger partial charge in [0.25, 0.3) is 5.56 Å². The summed E-state index contributed by atoms with van der Waals surface area (Å²) in [5, 5.41) is 3.92. The molecule has 0 saturated heterocycles. The molecule has 0 aliphatic rings. The van der Waals surface area contributed by atoms with Crippen molar-refractivity contribution in [2.45, 2.75) is 6.54 Å². The van der Waals surface area contributed by atoms with Crippen LogP contribution < -0.4 is 5.56 Å². The lowest BCUT2D eigenvalue weighted by Crippen LogP contribution is -2.22. The summed E-state index contributed by atoms with van der Waals surface area (Å²) in [5.74, 6) is 0.706. The van der Waals surface area contributed by atoms with E-state index in [0.717, 1.165) is 0 Å². The minimum absolute atomic E-state index is 0.131. The van der Waals surface area contributed by atoms with Gasteiger partial charge in [-0.1, -0.05) is 0 Å². The molecule has 2 rings (SSSR count). The van der Waals surface area contributed by atoms with Crippen molar-refractivity contribution in [2.75, 3.05) is 0 Å². The molecule has 0 saturated carbocycles. The van der Waals surface area contributed by atoms with Crippen LogP contribution in [0, 0.1) is 0 Å². The first-order chi connectivity index (χ1) is 7.18. The first-order valence-corrected chi connectivity index (χ1v) is 5.00. The second-order valence-electron chi connectivity index (χ2n) is 2.97. The summed E-state index contributed by atoms with van der Waals surface area (Å²) in [5.41, 5.74) is -0.131. The molecule has 78 valence electrons. The van der Waals surface area contributed by atoms with E-state index in [2.05, 4.69) is 31.0 Å². The normalized spacial score (nSPS) is 10.5. The molecule has 0 atom stereocenters. The molecular formula is C8H8BrN5O. The van der Waals surface area contributed by atoms with E-state index in [4.69, 9.17) is 0 Å². The molecule has 2 heterocycles. The molecule has 2 aromatic heterocycles. The van der Waals surface area contributed by atoms with Crippen LogP contribution in [0.15, 0.2) is 28.1 Å². The molecular weight excluding hydrogens is 262 g/mol. The Morgan fingerprint density at radius 2 is 2.33 bits per heavy atom. The van der Waals surface area contributed by atoms with E-state index >= 15 is 0 Å². The summed E-state index contributed by atoms with van der Waals surface area (Å²) in [6.07, 6.45) is 4.39. The Morgan fingerprint density at radius 3 is 3.00 bits per heavy atom. The maximum Gasteiger partial charge on any atom is 0.268 e. The maximum absolute atomic E-state index is 11.6. The number of hydrogen-bond acceptors (Lipinski definition) is 4. The van der Waals surface area contributed by atoms with Gasteiger partial charge in [-0.3, -0.25) is 14.0 Å². The topological polar surface area (TPSA) is 65.6 Å². The second-order valence-corrected chi connectivity index (χ2v) is 3.83. The molecule has 0 radical (unpaired) electrons. The number of hydrogen-bond donors (Lipinski definition) is 0. The summed E-state index contributed by atoms with van der Waals surface area (Å²) < 4.78 is 3.52. The van der Waals surface area contributed by atoms with E-state index in [1.807, 2.05) is 0 Å². The van der Waals surface area contributed by atoms with E-state index in [0.29, 0.717) is 16.8 Å². The molecule has 0 bridgehead atoms. The SMILES string of the molecule is Cn1ncnc1Cn1cncc(Br)c1=O. The smallest absolute Gasteiger partial charge is 0.268 e. The minimum atomic E-state index is -0.131. The van der Waals surface area contributed by atoms with Gasteiger partial charge in [-0.25, -0.2) is 9.97 Å². The van der Waals surface area contributed by atoms with Crippen molar-refractivity contribution >= 4 is 15.9 Å². The number of aromatic nitrogens is 5. The van der Waals surface area contributed by atoms with E-state index in [-0.39, 0.29) is 5.56 Å². The fourth-order valence-electron chi connectivity index (χ4n) is 1.15. The number of aryl methyl sites for hydroxylation is 1. The van der Waals surface area contributed by atoms with E-state index in [9.17, 15) is 4.79 Å². The van der Waals surface area contributed by atoms with Crippen LogP contribution >= 0.6 is 15.9 Å². The van der Waals surface area contributed by atoms with Crippen molar-refractivity contribution < 1.29 is 0 Å². The van der Waals surface area contributed by atoms with Crippen LogP contribution in [0.3, 0.4) is 0 Å². The summed E-state index contributed by atoms with van der Waals surface area (Å²) in [6, 6.07) is 0. The third-order valence-electron chi connectivity index (χ3n) is 1.98. The fourth-order valence-corrected chi connectivity index (χ4v) is 1.50. The van der Waals surface area contributed by atoms with E-state index in [1.165, 1.54) is 23.4 Å². The number of rotatable bonds is 2. The lowest BCUT2D eigenvalue weighted by Gasteiger charge is -2.03. The molecule has 0 aliphatic carbocycles. The van der Waals surface area contributed by atoms with Crippen molar-refractivity contribution in [1.29, 1.82) is 0 Å². The van der Waals surface area contributed by atoms with Gasteiger partial charge in [0.1, 0.15) is 16.6 Å². The molecule has 0 aliphatic heterocycles. The quantitative estimate of drug-likeness (QED) is 0.781. The van der Waals surface area contributed by atoms with Crippen LogP contribution in [0.5, 0.6) is 0 Å². The lowest BCUT2D eigenvalue weighted by atomic mass is 10.5. The van der Waals surface area contributed by atoms with Gasteiger partial charge in [0, 0.05) is 13.2 Å². The third kappa shape index (κ3) is 1.96. The van der Waals surface area contributed by atoms with Crippen molar-refractivity contribution in [1.82, 2.24) is 24.3 Å². The van der Waals surface area contributed by atoms with Gasteiger partial charge >= 0.3 is 0 Å². The van der Waals surface area contributed by atoms with Gasteiger partial charge in [-0.05, 0) is 15.9 Å². The zero-order valence-corrected chi connectivity index (χ0v) is 9.55. The highest BCUT2D eigenvalue weighted by Gasteiger charge is 2.05. The van der Waals surface area contributed by atoms with Gasteiger partial charge in [-0.2, -0.15) is 5.10 Å². The molecule has 15 heavy (non-hydrogen) atoms. The van der Waals surface area contributed by atoms with Gasteiger partial charge in [0.05, 0.1) is 12.9 Å². The van der Waals surface area contributed by atoms with Gasteiger partial charge in [0.2, 0.25) is 0 Å². The standard InChI is InChI=1S/C8H8BrN5O/c1-13-7(11-4-12-13)3-14-5-10-2-6(9)8(14)15/h2,4-5H,3H2,1H3. The minimum Gasteiger partial charge on any atom is -0.291 e. The summed E-state index contributed by atoms with van der Waals surface area (Å²) in [4.78, 5) is 19.6. The Bertz CT molecular complexity index is 532. The maximum atomic E-state index is 11.6. The highest BCUT2D eigenvalue weighted by atomic mass is 79.9. The van der Waals surface area contributed by atoms with Gasteiger partial charge in [-0.15, -0.1) is 0 Å². The molecule has 7 heteroatoms. The number of halogens is 1. The Morgan fingerprint density at radius 1 is 1.53 bits per heavy atom. The second kappa shape index (κ2) is 3.93. The summed E-state index contributed by atoms with van der Waals surface area (Å²) in [6.45, 7) is 0.363. The third-order valence-corrected chi connectivity index (χ3v) is 2.52. The van der Waals surface area contributed by atoms with E-state index < -0.39 is 0 Å². The van der Waals surface area contributed by atoms with Crippen molar-refractivity contribution in [3.63, 3.8) is 0 Å². The van der Waals surface area contributed by atoms with Crippen LogP contribution in [0.25, 0.3) is 0 Å². The molecule has 0 amide bonds. The average Bonchev–Trinajstić information content (AvgIpc) is 2.60. The Kier molecular flexibility index (Phi) is 2.63. The van der Waals surface area contributed by atoms with Crippen LogP contribution in [0.4, 0.5) is 0 Å². The first kappa shape index (κ1) is 10.0. The molecule has 0 fully saturated rings. The van der Waals surface area contributed by atoms with Crippen LogP contribution in [-0.4, -0.2) is 24.3 Å². The zero-order chi connectivity index (χ0) is 10.8. The summed E-state index contributed by atoms with van der Waals surface area (Å²) in [7, 11) is 1.78. The number of nitrogens with zero attached hydrogens (tertiary/aromatic N) is 5. The highest BCUT2D eigenvalue weighted by molar-refractivity contribution is 9.10. The van der Waals surface area contributed by atoms with E-state index in [1.54, 1.807) is 11.7 Å². The predicted molar refractivity (Wildman–Crippen MR) is 56.3 cm³/mol.